The van der Waals surface area contributed by atoms with Crippen molar-refractivity contribution in [2.45, 2.75) is 13.3 Å². The van der Waals surface area contributed by atoms with Crippen LogP contribution in [0.15, 0.2) is 54.6 Å². The quantitative estimate of drug-likeness (QED) is 0.613. The molecule has 5 heteroatoms. The summed E-state index contributed by atoms with van der Waals surface area (Å²) >= 11 is 0. The number of carbonyl (C=O) groups excluding carboxylic acids is 2. The Kier molecular flexibility index (Phi) is 6.77. The summed E-state index contributed by atoms with van der Waals surface area (Å²) in [5.74, 6) is -0.00455. The molecule has 0 aliphatic carbocycles. The van der Waals surface area contributed by atoms with Crippen LogP contribution in [-0.2, 0) is 9.53 Å². The zero-order valence-electron chi connectivity index (χ0n) is 14.3. The van der Waals surface area contributed by atoms with E-state index in [1.165, 1.54) is 13.2 Å². The summed E-state index contributed by atoms with van der Waals surface area (Å²) < 4.78 is 10.3. The van der Waals surface area contributed by atoms with Gasteiger partial charge >= 0.3 is 5.97 Å². The molecule has 0 atom stereocenters. The lowest BCUT2D eigenvalue weighted by Crippen LogP contribution is -2.09. The third kappa shape index (κ3) is 5.49. The first-order chi connectivity index (χ1) is 12.1. The Labute approximate surface area is 147 Å². The first-order valence-electron chi connectivity index (χ1n) is 8.03. The van der Waals surface area contributed by atoms with Gasteiger partial charge in [-0.1, -0.05) is 31.2 Å². The minimum absolute atomic E-state index is 0.260. The number of esters is 1. The largest absolute Gasteiger partial charge is 0.491 e. The number of anilines is 1. The minimum atomic E-state index is -0.392. The van der Waals surface area contributed by atoms with Crippen molar-refractivity contribution < 1.29 is 19.1 Å². The molecule has 2 rings (SSSR count). The second kappa shape index (κ2) is 9.27. The van der Waals surface area contributed by atoms with Crippen molar-refractivity contribution in [1.29, 1.82) is 0 Å². The zero-order chi connectivity index (χ0) is 18.1. The lowest BCUT2D eigenvalue weighted by Gasteiger charge is -2.10. The minimum Gasteiger partial charge on any atom is -0.491 e. The molecule has 0 unspecified atom stereocenters. The van der Waals surface area contributed by atoms with Crippen LogP contribution < -0.4 is 10.1 Å². The maximum Gasteiger partial charge on any atom is 0.337 e. The average molecular weight is 339 g/mol. The van der Waals surface area contributed by atoms with Crippen LogP contribution in [0.3, 0.4) is 0 Å². The first-order valence-corrected chi connectivity index (χ1v) is 8.03. The molecule has 130 valence electrons. The molecule has 0 aliphatic heterocycles. The molecular weight excluding hydrogens is 318 g/mol. The fourth-order valence-corrected chi connectivity index (χ4v) is 2.10. The summed E-state index contributed by atoms with van der Waals surface area (Å²) in [6, 6.07) is 14.1. The Balaban J connectivity index is 2.00. The van der Waals surface area contributed by atoms with Gasteiger partial charge in [-0.2, -0.15) is 0 Å². The van der Waals surface area contributed by atoms with Crippen molar-refractivity contribution in [3.05, 3.63) is 65.7 Å². The van der Waals surface area contributed by atoms with E-state index in [0.29, 0.717) is 23.6 Å². The highest BCUT2D eigenvalue weighted by Gasteiger charge is 2.06. The molecule has 5 nitrogen and oxygen atoms in total. The topological polar surface area (TPSA) is 64.6 Å². The number of carbonyl (C=O) groups is 2. The van der Waals surface area contributed by atoms with E-state index in [4.69, 9.17) is 4.74 Å². The molecule has 0 aliphatic rings. The van der Waals surface area contributed by atoms with E-state index in [9.17, 15) is 9.59 Å². The number of hydrogen-bond acceptors (Lipinski definition) is 4. The van der Waals surface area contributed by atoms with Gasteiger partial charge in [-0.3, -0.25) is 4.79 Å². The van der Waals surface area contributed by atoms with Crippen molar-refractivity contribution in [2.75, 3.05) is 19.0 Å². The molecule has 1 N–H and O–H groups in total. The van der Waals surface area contributed by atoms with Gasteiger partial charge in [-0.15, -0.1) is 0 Å². The van der Waals surface area contributed by atoms with E-state index in [-0.39, 0.29) is 5.91 Å². The fraction of sp³-hybridized carbons (Fsp3) is 0.200. The number of methoxy groups -OCH3 is 1. The lowest BCUT2D eigenvalue weighted by molar-refractivity contribution is -0.111. The van der Waals surface area contributed by atoms with Gasteiger partial charge in [0.1, 0.15) is 5.75 Å². The van der Waals surface area contributed by atoms with Gasteiger partial charge in [0.2, 0.25) is 5.91 Å². The van der Waals surface area contributed by atoms with E-state index in [1.807, 2.05) is 25.1 Å². The molecule has 0 saturated carbocycles. The maximum absolute atomic E-state index is 12.1. The Morgan fingerprint density at radius 1 is 1.08 bits per heavy atom. The van der Waals surface area contributed by atoms with Crippen molar-refractivity contribution in [1.82, 2.24) is 0 Å². The third-order valence-electron chi connectivity index (χ3n) is 3.37. The number of nitrogens with one attached hydrogen (secondary N) is 1. The van der Waals surface area contributed by atoms with Gasteiger partial charge in [0.05, 0.1) is 25.0 Å². The summed E-state index contributed by atoms with van der Waals surface area (Å²) in [6.45, 7) is 2.62. The molecule has 0 aromatic heterocycles. The molecule has 25 heavy (non-hydrogen) atoms. The molecule has 0 heterocycles. The van der Waals surface area contributed by atoms with Crippen LogP contribution >= 0.6 is 0 Å². The number of rotatable bonds is 7. The highest BCUT2D eigenvalue weighted by atomic mass is 16.5. The van der Waals surface area contributed by atoms with Crippen LogP contribution in [0.1, 0.15) is 29.3 Å². The third-order valence-corrected chi connectivity index (χ3v) is 3.37. The molecule has 0 saturated heterocycles. The van der Waals surface area contributed by atoms with E-state index in [2.05, 4.69) is 10.1 Å². The van der Waals surface area contributed by atoms with Crippen LogP contribution in [0, 0.1) is 0 Å². The highest BCUT2D eigenvalue weighted by Crippen LogP contribution is 2.23. The lowest BCUT2D eigenvalue weighted by atomic mass is 10.1. The summed E-state index contributed by atoms with van der Waals surface area (Å²) in [7, 11) is 1.34. The second-order valence-corrected chi connectivity index (χ2v) is 5.28. The van der Waals surface area contributed by atoms with Gasteiger partial charge in [0, 0.05) is 6.08 Å². The predicted octanol–water partition coefficient (Wildman–Crippen LogP) is 3.91. The summed E-state index contributed by atoms with van der Waals surface area (Å²) in [5, 5.41) is 2.80. The zero-order valence-corrected chi connectivity index (χ0v) is 14.3. The summed E-state index contributed by atoms with van der Waals surface area (Å²) in [4.78, 5) is 23.5. The van der Waals surface area contributed by atoms with Gasteiger partial charge < -0.3 is 14.8 Å². The monoisotopic (exact) mass is 339 g/mol. The summed E-state index contributed by atoms with van der Waals surface area (Å²) in [6.07, 6.45) is 4.00. The van der Waals surface area contributed by atoms with Crippen molar-refractivity contribution in [3.63, 3.8) is 0 Å². The molecule has 0 fully saturated rings. The van der Waals surface area contributed by atoms with Crippen LogP contribution in [-0.4, -0.2) is 25.6 Å². The normalized spacial score (nSPS) is 10.5. The van der Waals surface area contributed by atoms with E-state index in [1.54, 1.807) is 36.4 Å². The molecular formula is C20H21NO4. The first kappa shape index (κ1) is 18.3. The van der Waals surface area contributed by atoms with Crippen molar-refractivity contribution in [2.24, 2.45) is 0 Å². The van der Waals surface area contributed by atoms with Gasteiger partial charge in [0.25, 0.3) is 0 Å². The number of para-hydroxylation sites is 2. The van der Waals surface area contributed by atoms with E-state index < -0.39 is 5.97 Å². The van der Waals surface area contributed by atoms with Crippen LogP contribution in [0.2, 0.25) is 0 Å². The smallest absolute Gasteiger partial charge is 0.337 e. The predicted molar refractivity (Wildman–Crippen MR) is 97.7 cm³/mol. The molecule has 0 bridgehead atoms. The van der Waals surface area contributed by atoms with Crippen molar-refractivity contribution >= 4 is 23.6 Å². The SMILES string of the molecule is CCCOc1ccccc1NC(=O)/C=C/c1ccc(C(=O)OC)cc1. The Hall–Kier alpha value is -3.08. The Morgan fingerprint density at radius 2 is 1.80 bits per heavy atom. The van der Waals surface area contributed by atoms with Crippen LogP contribution in [0.25, 0.3) is 6.08 Å². The number of ether oxygens (including phenoxy) is 2. The fourth-order valence-electron chi connectivity index (χ4n) is 2.10. The number of benzene rings is 2. The van der Waals surface area contributed by atoms with E-state index >= 15 is 0 Å². The molecule has 0 spiro atoms. The highest BCUT2D eigenvalue weighted by molar-refractivity contribution is 6.02. The van der Waals surface area contributed by atoms with Crippen LogP contribution in [0.4, 0.5) is 5.69 Å². The standard InChI is InChI=1S/C20H21NO4/c1-3-14-25-18-7-5-4-6-17(18)21-19(22)13-10-15-8-11-16(12-9-15)20(23)24-2/h4-13H,3,14H2,1-2H3,(H,21,22)/b13-10+. The number of amides is 1. The molecule has 2 aromatic rings. The van der Waals surface area contributed by atoms with Gasteiger partial charge in [-0.25, -0.2) is 4.79 Å². The Bertz CT molecular complexity index is 751. The maximum atomic E-state index is 12.1. The number of hydrogen-bond donors (Lipinski definition) is 1. The van der Waals surface area contributed by atoms with Gasteiger partial charge in [-0.05, 0) is 42.3 Å². The summed E-state index contributed by atoms with van der Waals surface area (Å²) in [5.41, 5.74) is 1.90. The van der Waals surface area contributed by atoms with Crippen molar-refractivity contribution in [3.8, 4) is 5.75 Å². The van der Waals surface area contributed by atoms with E-state index in [0.717, 1.165) is 12.0 Å². The molecule has 1 amide bonds. The van der Waals surface area contributed by atoms with Crippen LogP contribution in [0.5, 0.6) is 5.75 Å². The average Bonchev–Trinajstić information content (AvgIpc) is 2.65. The molecule has 0 radical (unpaired) electrons. The Morgan fingerprint density at radius 3 is 2.48 bits per heavy atom. The molecule has 2 aromatic carbocycles. The second-order valence-electron chi connectivity index (χ2n) is 5.28. The van der Waals surface area contributed by atoms with Gasteiger partial charge in [0.15, 0.2) is 0 Å².